The normalized spacial score (nSPS) is 13.3. The minimum Gasteiger partial charge on any atom is -0.477 e. The molecule has 1 aliphatic carbocycles. The summed E-state index contributed by atoms with van der Waals surface area (Å²) >= 11 is 0. The molecule has 1 saturated carbocycles. The van der Waals surface area contributed by atoms with Crippen LogP contribution in [0.15, 0.2) is 54.7 Å². The van der Waals surface area contributed by atoms with Gasteiger partial charge in [0.15, 0.2) is 11.3 Å². The molecule has 0 spiro atoms. The molecule has 0 unspecified atom stereocenters. The number of aromatic carboxylic acids is 1. The molecule has 1 fully saturated rings. The Kier molecular flexibility index (Phi) is 7.60. The van der Waals surface area contributed by atoms with Gasteiger partial charge in [0, 0.05) is 42.1 Å². The van der Waals surface area contributed by atoms with Crippen LogP contribution in [0.2, 0.25) is 0 Å². The first kappa shape index (κ1) is 29.3. The van der Waals surface area contributed by atoms with Crippen molar-refractivity contribution in [1.82, 2.24) is 24.5 Å². The third-order valence-electron chi connectivity index (χ3n) is 7.73. The predicted molar refractivity (Wildman–Crippen MR) is 152 cm³/mol. The maximum atomic E-state index is 15.5. The molecule has 0 atom stereocenters. The van der Waals surface area contributed by atoms with Crippen molar-refractivity contribution in [3.8, 4) is 29.4 Å². The third-order valence-corrected chi connectivity index (χ3v) is 7.73. The van der Waals surface area contributed by atoms with Gasteiger partial charge in [-0.25, -0.2) is 32.9 Å². The highest BCUT2D eigenvalue weighted by molar-refractivity contribution is 5.88. The van der Waals surface area contributed by atoms with Crippen LogP contribution >= 0.6 is 0 Å². The van der Waals surface area contributed by atoms with Crippen molar-refractivity contribution in [2.24, 2.45) is 5.41 Å². The molecule has 10 nitrogen and oxygen atoms in total. The highest BCUT2D eigenvalue weighted by Crippen LogP contribution is 2.50. The van der Waals surface area contributed by atoms with Crippen LogP contribution in [0.3, 0.4) is 0 Å². The summed E-state index contributed by atoms with van der Waals surface area (Å²) in [4.78, 5) is 28.5. The second-order valence-electron chi connectivity index (χ2n) is 10.8. The number of pyridine rings is 1. The number of carboxylic acid groups (broad SMARTS) is 1. The van der Waals surface area contributed by atoms with Crippen LogP contribution in [0.1, 0.15) is 52.3 Å². The Hall–Kier alpha value is -5.82. The summed E-state index contributed by atoms with van der Waals surface area (Å²) in [6.45, 7) is 0.0803. The molecule has 224 valence electrons. The molecule has 3 aromatic heterocycles. The van der Waals surface area contributed by atoms with Gasteiger partial charge in [0.2, 0.25) is 0 Å². The summed E-state index contributed by atoms with van der Waals surface area (Å²) in [5.41, 5.74) is 0.386. The molecule has 0 aliphatic heterocycles. The van der Waals surface area contributed by atoms with E-state index in [4.69, 9.17) is 10.00 Å². The largest absolute Gasteiger partial charge is 0.477 e. The van der Waals surface area contributed by atoms with Crippen LogP contribution in [-0.2, 0) is 19.6 Å². The number of nitriles is 2. The second-order valence-corrected chi connectivity index (χ2v) is 10.8. The van der Waals surface area contributed by atoms with Crippen molar-refractivity contribution in [2.75, 3.05) is 0 Å². The highest BCUT2D eigenvalue weighted by Gasteiger charge is 2.43. The summed E-state index contributed by atoms with van der Waals surface area (Å²) in [5.74, 6) is -3.01. The molecule has 2 aromatic carbocycles. The summed E-state index contributed by atoms with van der Waals surface area (Å²) in [6, 6.07) is 14.0. The van der Waals surface area contributed by atoms with Crippen LogP contribution in [-0.4, -0.2) is 35.6 Å². The number of benzene rings is 2. The fourth-order valence-corrected chi connectivity index (χ4v) is 5.07. The van der Waals surface area contributed by atoms with Gasteiger partial charge in [-0.05, 0) is 60.9 Å². The summed E-state index contributed by atoms with van der Waals surface area (Å²) in [5, 5.41) is 27.7. The second kappa shape index (κ2) is 11.7. The van der Waals surface area contributed by atoms with Crippen LogP contribution in [0, 0.1) is 45.5 Å². The van der Waals surface area contributed by atoms with Gasteiger partial charge < -0.3 is 14.4 Å². The first-order chi connectivity index (χ1) is 21.7. The zero-order chi connectivity index (χ0) is 31.7. The predicted octanol–water partition coefficient (Wildman–Crippen LogP) is 5.74. The Morgan fingerprint density at radius 1 is 0.978 bits per heavy atom. The van der Waals surface area contributed by atoms with Gasteiger partial charge in [-0.1, -0.05) is 6.07 Å². The molecular formula is C32H22F3N7O3. The third kappa shape index (κ3) is 6.01. The summed E-state index contributed by atoms with van der Waals surface area (Å²) < 4.78 is 52.4. The van der Waals surface area contributed by atoms with Crippen molar-refractivity contribution in [3.63, 3.8) is 0 Å². The Morgan fingerprint density at radius 3 is 2.49 bits per heavy atom. The number of ether oxygens (including phenoxy) is 1. The monoisotopic (exact) mass is 609 g/mol. The Labute approximate surface area is 254 Å². The first-order valence-electron chi connectivity index (χ1n) is 13.8. The minimum atomic E-state index is -1.22. The van der Waals surface area contributed by atoms with E-state index in [9.17, 15) is 19.6 Å². The van der Waals surface area contributed by atoms with Gasteiger partial charge in [-0.15, -0.1) is 0 Å². The molecule has 0 radical (unpaired) electrons. The lowest BCUT2D eigenvalue weighted by Gasteiger charge is -2.16. The molecule has 0 amide bonds. The zero-order valence-electron chi connectivity index (χ0n) is 23.5. The summed E-state index contributed by atoms with van der Waals surface area (Å²) in [7, 11) is 0. The number of halogens is 3. The maximum absolute atomic E-state index is 15.5. The minimum absolute atomic E-state index is 0.00165. The fraction of sp³-hybridized carbons (Fsp3) is 0.219. The molecule has 3 heterocycles. The fourth-order valence-electron chi connectivity index (χ4n) is 5.07. The Bertz CT molecular complexity index is 2060. The molecule has 1 aliphatic rings. The van der Waals surface area contributed by atoms with E-state index in [-0.39, 0.29) is 64.5 Å². The number of carbonyl (C=O) groups is 1. The SMILES string of the molecule is N#CCC1(Cn2c(Cc3cc(F)c(-c4ccnc(OCc5ccc(C#N)cc5F)n4)cc3F)nc3ccc(C(=O)O)nc32)CC1. The quantitative estimate of drug-likeness (QED) is 0.209. The standard InChI is InChI=1S/C32H22F3N7O3/c33-22-11-18(15-37)1-2-19(22)16-45-31-38-10-5-25(41-31)21-14-23(34)20(12-24(21)35)13-28-39-26-3-4-27(30(43)44)40-29(26)42(28)17-32(6-7-32)8-9-36/h1-5,10-12,14H,6-8,13,16-17H2,(H,43,44). The number of hydrogen-bond donors (Lipinski definition) is 1. The van der Waals surface area contributed by atoms with E-state index in [1.165, 1.54) is 36.5 Å². The lowest BCUT2D eigenvalue weighted by molar-refractivity contribution is 0.0691. The van der Waals surface area contributed by atoms with Crippen LogP contribution in [0.5, 0.6) is 6.01 Å². The number of fused-ring (bicyclic) bond motifs is 1. The molecule has 5 aromatic rings. The number of imidazole rings is 1. The van der Waals surface area contributed by atoms with Gasteiger partial charge in [0.05, 0.1) is 23.4 Å². The first-order valence-corrected chi connectivity index (χ1v) is 13.8. The summed E-state index contributed by atoms with van der Waals surface area (Å²) in [6.07, 6.45) is 3.05. The van der Waals surface area contributed by atoms with E-state index in [0.29, 0.717) is 23.5 Å². The topological polar surface area (TPSA) is 151 Å². The van der Waals surface area contributed by atoms with E-state index >= 15 is 8.78 Å². The van der Waals surface area contributed by atoms with Gasteiger partial charge in [-0.3, -0.25) is 0 Å². The zero-order valence-corrected chi connectivity index (χ0v) is 23.5. The lowest BCUT2D eigenvalue weighted by atomic mass is 10.0. The number of hydrogen-bond acceptors (Lipinski definition) is 8. The highest BCUT2D eigenvalue weighted by atomic mass is 19.1. The Balaban J connectivity index is 1.28. The van der Waals surface area contributed by atoms with E-state index in [1.807, 2.05) is 6.07 Å². The van der Waals surface area contributed by atoms with Crippen LogP contribution in [0.25, 0.3) is 22.4 Å². The van der Waals surface area contributed by atoms with Crippen molar-refractivity contribution in [3.05, 3.63) is 100 Å². The van der Waals surface area contributed by atoms with Crippen molar-refractivity contribution < 1.29 is 27.8 Å². The Morgan fingerprint density at radius 2 is 1.78 bits per heavy atom. The van der Waals surface area contributed by atoms with Crippen molar-refractivity contribution in [1.29, 1.82) is 10.5 Å². The van der Waals surface area contributed by atoms with E-state index < -0.39 is 23.4 Å². The molecule has 45 heavy (non-hydrogen) atoms. The molecular weight excluding hydrogens is 587 g/mol. The maximum Gasteiger partial charge on any atom is 0.354 e. The van der Waals surface area contributed by atoms with Crippen LogP contribution in [0.4, 0.5) is 13.2 Å². The molecule has 0 bridgehead atoms. The average molecular weight is 610 g/mol. The smallest absolute Gasteiger partial charge is 0.354 e. The van der Waals surface area contributed by atoms with E-state index in [0.717, 1.165) is 31.0 Å². The van der Waals surface area contributed by atoms with E-state index in [2.05, 4.69) is 26.0 Å². The van der Waals surface area contributed by atoms with Crippen molar-refractivity contribution in [2.45, 2.75) is 38.8 Å². The van der Waals surface area contributed by atoms with Gasteiger partial charge in [-0.2, -0.15) is 15.5 Å². The molecule has 0 saturated heterocycles. The molecule has 1 N–H and O–H groups in total. The van der Waals surface area contributed by atoms with Gasteiger partial charge >= 0.3 is 12.0 Å². The lowest BCUT2D eigenvalue weighted by Crippen LogP contribution is -2.15. The number of carboxylic acids is 1. The molecule has 6 rings (SSSR count). The van der Waals surface area contributed by atoms with E-state index in [1.54, 1.807) is 4.57 Å². The number of nitrogens with zero attached hydrogens (tertiary/aromatic N) is 7. The van der Waals surface area contributed by atoms with Gasteiger partial charge in [0.25, 0.3) is 0 Å². The molecule has 13 heteroatoms. The number of rotatable bonds is 10. The van der Waals surface area contributed by atoms with Crippen LogP contribution < -0.4 is 4.74 Å². The average Bonchev–Trinajstić information content (AvgIpc) is 3.71. The van der Waals surface area contributed by atoms with Crippen molar-refractivity contribution >= 4 is 17.1 Å². The number of aromatic nitrogens is 5. The van der Waals surface area contributed by atoms with Gasteiger partial charge in [0.1, 0.15) is 35.4 Å².